The molecule has 0 radical (unpaired) electrons. The normalized spacial score (nSPS) is 10.9. The summed E-state index contributed by atoms with van der Waals surface area (Å²) >= 11 is 1.50. The SMILES string of the molecule is Cc1nc(NC(=O)CCOCC(C)C)sc1C. The summed E-state index contributed by atoms with van der Waals surface area (Å²) in [6, 6.07) is 0. The average Bonchev–Trinajstić information content (AvgIpc) is 2.52. The smallest absolute Gasteiger partial charge is 0.228 e. The molecule has 1 amide bonds. The minimum atomic E-state index is -0.0393. The van der Waals surface area contributed by atoms with Crippen molar-refractivity contribution in [1.29, 1.82) is 0 Å². The number of aromatic nitrogens is 1. The molecule has 0 aliphatic rings. The fourth-order valence-electron chi connectivity index (χ4n) is 1.19. The second-order valence-electron chi connectivity index (χ2n) is 4.43. The van der Waals surface area contributed by atoms with Crippen molar-refractivity contribution in [3.05, 3.63) is 10.6 Å². The first-order valence-electron chi connectivity index (χ1n) is 5.80. The average molecular weight is 256 g/mol. The number of carbonyl (C=O) groups excluding carboxylic acids is 1. The molecule has 5 heteroatoms. The summed E-state index contributed by atoms with van der Waals surface area (Å²) in [6.45, 7) is 9.26. The van der Waals surface area contributed by atoms with Gasteiger partial charge < -0.3 is 10.1 Å². The monoisotopic (exact) mass is 256 g/mol. The van der Waals surface area contributed by atoms with E-state index in [1.54, 1.807) is 0 Å². The molecule has 1 rings (SSSR count). The molecule has 0 atom stereocenters. The summed E-state index contributed by atoms with van der Waals surface area (Å²) in [4.78, 5) is 16.9. The number of ether oxygens (including phenoxy) is 1. The molecule has 0 spiro atoms. The number of amides is 1. The molecular formula is C12H20N2O2S. The van der Waals surface area contributed by atoms with Crippen LogP contribution in [0.1, 0.15) is 30.8 Å². The quantitative estimate of drug-likeness (QED) is 0.796. The van der Waals surface area contributed by atoms with Crippen LogP contribution in [0.5, 0.6) is 0 Å². The molecule has 0 unspecified atom stereocenters. The Bertz CT molecular complexity index is 355. The zero-order chi connectivity index (χ0) is 12.8. The van der Waals surface area contributed by atoms with E-state index in [1.807, 2.05) is 13.8 Å². The molecule has 96 valence electrons. The summed E-state index contributed by atoms with van der Waals surface area (Å²) in [7, 11) is 0. The van der Waals surface area contributed by atoms with Crippen LogP contribution in [0.15, 0.2) is 0 Å². The third-order valence-corrected chi connectivity index (χ3v) is 3.19. The number of carbonyl (C=O) groups is 1. The van der Waals surface area contributed by atoms with Gasteiger partial charge in [0.25, 0.3) is 0 Å². The Hall–Kier alpha value is -0.940. The number of thiazole rings is 1. The van der Waals surface area contributed by atoms with Crippen LogP contribution in [0.2, 0.25) is 0 Å². The molecular weight excluding hydrogens is 236 g/mol. The van der Waals surface area contributed by atoms with E-state index >= 15 is 0 Å². The molecule has 4 nitrogen and oxygen atoms in total. The number of hydrogen-bond acceptors (Lipinski definition) is 4. The van der Waals surface area contributed by atoms with E-state index in [2.05, 4.69) is 24.1 Å². The Morgan fingerprint density at radius 1 is 1.47 bits per heavy atom. The van der Waals surface area contributed by atoms with Gasteiger partial charge in [-0.15, -0.1) is 11.3 Å². The van der Waals surface area contributed by atoms with Gasteiger partial charge in [-0.05, 0) is 19.8 Å². The maximum atomic E-state index is 11.6. The highest BCUT2D eigenvalue weighted by Gasteiger charge is 2.07. The first-order valence-corrected chi connectivity index (χ1v) is 6.62. The number of nitrogens with zero attached hydrogens (tertiary/aromatic N) is 1. The topological polar surface area (TPSA) is 51.2 Å². The number of anilines is 1. The first kappa shape index (κ1) is 14.1. The molecule has 0 saturated carbocycles. The Morgan fingerprint density at radius 2 is 2.18 bits per heavy atom. The van der Waals surface area contributed by atoms with Crippen molar-refractivity contribution in [2.45, 2.75) is 34.1 Å². The minimum absolute atomic E-state index is 0.0393. The molecule has 0 saturated heterocycles. The Labute approximate surface area is 106 Å². The van der Waals surface area contributed by atoms with Crippen LogP contribution >= 0.6 is 11.3 Å². The van der Waals surface area contributed by atoms with Crippen LogP contribution in [-0.4, -0.2) is 24.1 Å². The maximum absolute atomic E-state index is 11.6. The summed E-state index contributed by atoms with van der Waals surface area (Å²) in [5.74, 6) is 0.463. The highest BCUT2D eigenvalue weighted by Crippen LogP contribution is 2.20. The molecule has 1 heterocycles. The number of aryl methyl sites for hydroxylation is 2. The van der Waals surface area contributed by atoms with Gasteiger partial charge in [-0.25, -0.2) is 4.98 Å². The minimum Gasteiger partial charge on any atom is -0.381 e. The van der Waals surface area contributed by atoms with Gasteiger partial charge in [-0.1, -0.05) is 13.8 Å². The Balaban J connectivity index is 2.25. The van der Waals surface area contributed by atoms with Crippen LogP contribution in [-0.2, 0) is 9.53 Å². The van der Waals surface area contributed by atoms with E-state index in [-0.39, 0.29) is 5.91 Å². The lowest BCUT2D eigenvalue weighted by molar-refractivity contribution is -0.117. The second kappa shape index (κ2) is 6.71. The summed E-state index contributed by atoms with van der Waals surface area (Å²) < 4.78 is 5.35. The predicted octanol–water partition coefficient (Wildman–Crippen LogP) is 2.76. The Kier molecular flexibility index (Phi) is 5.58. The van der Waals surface area contributed by atoms with E-state index in [4.69, 9.17) is 4.74 Å². The third kappa shape index (κ3) is 5.28. The van der Waals surface area contributed by atoms with E-state index in [0.717, 1.165) is 10.6 Å². The largest absolute Gasteiger partial charge is 0.381 e. The molecule has 0 bridgehead atoms. The fraction of sp³-hybridized carbons (Fsp3) is 0.667. The highest BCUT2D eigenvalue weighted by atomic mass is 32.1. The highest BCUT2D eigenvalue weighted by molar-refractivity contribution is 7.15. The summed E-state index contributed by atoms with van der Waals surface area (Å²) in [6.07, 6.45) is 0.379. The second-order valence-corrected chi connectivity index (χ2v) is 5.63. The van der Waals surface area contributed by atoms with Crippen molar-refractivity contribution in [2.75, 3.05) is 18.5 Å². The standard InChI is InChI=1S/C12H20N2O2S/c1-8(2)7-16-6-5-11(15)14-12-13-9(3)10(4)17-12/h8H,5-7H2,1-4H3,(H,13,14,15). The van der Waals surface area contributed by atoms with Gasteiger partial charge in [-0.2, -0.15) is 0 Å². The lowest BCUT2D eigenvalue weighted by Gasteiger charge is -2.06. The molecule has 1 N–H and O–H groups in total. The van der Waals surface area contributed by atoms with Crippen LogP contribution < -0.4 is 5.32 Å². The van der Waals surface area contributed by atoms with Gasteiger partial charge in [0.15, 0.2) is 5.13 Å². The van der Waals surface area contributed by atoms with Crippen molar-refractivity contribution < 1.29 is 9.53 Å². The van der Waals surface area contributed by atoms with E-state index in [1.165, 1.54) is 11.3 Å². The first-order chi connectivity index (χ1) is 7.99. The molecule has 0 aliphatic heterocycles. The van der Waals surface area contributed by atoms with Gasteiger partial charge in [0.1, 0.15) is 0 Å². The van der Waals surface area contributed by atoms with Gasteiger partial charge >= 0.3 is 0 Å². The molecule has 1 aromatic rings. The maximum Gasteiger partial charge on any atom is 0.228 e. The lowest BCUT2D eigenvalue weighted by atomic mass is 10.2. The number of nitrogens with one attached hydrogen (secondary N) is 1. The fourth-order valence-corrected chi connectivity index (χ4v) is 2.02. The third-order valence-electron chi connectivity index (χ3n) is 2.20. The summed E-state index contributed by atoms with van der Waals surface area (Å²) in [5.41, 5.74) is 0.973. The zero-order valence-electron chi connectivity index (χ0n) is 10.9. The van der Waals surface area contributed by atoms with Crippen molar-refractivity contribution in [1.82, 2.24) is 4.98 Å². The van der Waals surface area contributed by atoms with Gasteiger partial charge in [-0.3, -0.25) is 4.79 Å². The predicted molar refractivity (Wildman–Crippen MR) is 70.5 cm³/mol. The van der Waals surface area contributed by atoms with Crippen LogP contribution in [0.25, 0.3) is 0 Å². The van der Waals surface area contributed by atoms with Crippen molar-refractivity contribution >= 4 is 22.4 Å². The van der Waals surface area contributed by atoms with Crippen LogP contribution in [0.4, 0.5) is 5.13 Å². The molecule has 1 aromatic heterocycles. The van der Waals surface area contributed by atoms with Gasteiger partial charge in [0, 0.05) is 11.5 Å². The van der Waals surface area contributed by atoms with Crippen LogP contribution in [0.3, 0.4) is 0 Å². The van der Waals surface area contributed by atoms with Gasteiger partial charge in [0.2, 0.25) is 5.91 Å². The van der Waals surface area contributed by atoms with Gasteiger partial charge in [0.05, 0.1) is 18.7 Å². The Morgan fingerprint density at radius 3 is 2.71 bits per heavy atom. The number of hydrogen-bond donors (Lipinski definition) is 1. The van der Waals surface area contributed by atoms with Crippen molar-refractivity contribution in [3.8, 4) is 0 Å². The molecule has 0 aromatic carbocycles. The summed E-state index contributed by atoms with van der Waals surface area (Å²) in [5, 5.41) is 3.46. The van der Waals surface area contributed by atoms with E-state index < -0.39 is 0 Å². The van der Waals surface area contributed by atoms with Crippen LogP contribution in [0, 0.1) is 19.8 Å². The molecule has 0 aliphatic carbocycles. The lowest BCUT2D eigenvalue weighted by Crippen LogP contribution is -2.15. The zero-order valence-corrected chi connectivity index (χ0v) is 11.7. The van der Waals surface area contributed by atoms with Crippen molar-refractivity contribution in [3.63, 3.8) is 0 Å². The molecule has 0 fully saturated rings. The molecule has 17 heavy (non-hydrogen) atoms. The van der Waals surface area contributed by atoms with Crippen molar-refractivity contribution in [2.24, 2.45) is 5.92 Å². The number of rotatable bonds is 6. The van der Waals surface area contributed by atoms with E-state index in [0.29, 0.717) is 30.7 Å². The van der Waals surface area contributed by atoms with E-state index in [9.17, 15) is 4.79 Å².